The summed E-state index contributed by atoms with van der Waals surface area (Å²) in [6.45, 7) is 1.92. The van der Waals surface area contributed by atoms with Crippen molar-refractivity contribution in [2.45, 2.75) is 13.3 Å². The van der Waals surface area contributed by atoms with E-state index in [1.807, 2.05) is 60.2 Å². The molecule has 2 heterocycles. The maximum Gasteiger partial charge on any atom is 0.307 e. The molecule has 4 aromatic rings. The van der Waals surface area contributed by atoms with Crippen LogP contribution in [-0.2, 0) is 6.42 Å². The minimum Gasteiger partial charge on any atom is -0.427 e. The first-order valence-corrected chi connectivity index (χ1v) is 8.38. The van der Waals surface area contributed by atoms with E-state index in [9.17, 15) is 0 Å². The standard InChI is InChI=1S/C20H16ClN3O/c1-14-22-11-12-24(14)20-23-19(16-7-9-17(21)10-8-16)18(25-20)13-15-5-3-2-4-6-15/h2-12H,13H2,1H3. The van der Waals surface area contributed by atoms with E-state index < -0.39 is 0 Å². The number of nitrogens with zero attached hydrogens (tertiary/aromatic N) is 3. The second kappa shape index (κ2) is 6.57. The number of aryl methyl sites for hydroxylation is 1. The van der Waals surface area contributed by atoms with Crippen molar-refractivity contribution in [3.05, 3.63) is 89.2 Å². The van der Waals surface area contributed by atoms with Gasteiger partial charge in [0.25, 0.3) is 0 Å². The van der Waals surface area contributed by atoms with Gasteiger partial charge in [-0.3, -0.25) is 4.57 Å². The van der Waals surface area contributed by atoms with Crippen molar-refractivity contribution >= 4 is 11.6 Å². The summed E-state index contributed by atoms with van der Waals surface area (Å²) in [6, 6.07) is 18.4. The molecule has 0 unspecified atom stereocenters. The highest BCUT2D eigenvalue weighted by Gasteiger charge is 2.17. The van der Waals surface area contributed by atoms with E-state index in [-0.39, 0.29) is 0 Å². The average molecular weight is 350 g/mol. The lowest BCUT2D eigenvalue weighted by molar-refractivity contribution is 0.488. The zero-order chi connectivity index (χ0) is 17.2. The molecule has 0 atom stereocenters. The highest BCUT2D eigenvalue weighted by molar-refractivity contribution is 6.30. The van der Waals surface area contributed by atoms with Crippen LogP contribution in [0.15, 0.2) is 71.4 Å². The second-order valence-electron chi connectivity index (χ2n) is 5.78. The van der Waals surface area contributed by atoms with Crippen LogP contribution in [-0.4, -0.2) is 14.5 Å². The van der Waals surface area contributed by atoms with Gasteiger partial charge in [-0.2, -0.15) is 4.98 Å². The van der Waals surface area contributed by atoms with Crippen LogP contribution in [0.5, 0.6) is 0 Å². The first-order valence-electron chi connectivity index (χ1n) is 8.00. The van der Waals surface area contributed by atoms with Crippen LogP contribution in [0.3, 0.4) is 0 Å². The molecular weight excluding hydrogens is 334 g/mol. The summed E-state index contributed by atoms with van der Waals surface area (Å²) >= 11 is 6.02. The van der Waals surface area contributed by atoms with E-state index in [1.165, 1.54) is 5.56 Å². The van der Waals surface area contributed by atoms with Gasteiger partial charge in [0.2, 0.25) is 0 Å². The quantitative estimate of drug-likeness (QED) is 0.516. The Balaban J connectivity index is 1.81. The molecule has 124 valence electrons. The molecule has 4 nitrogen and oxygen atoms in total. The van der Waals surface area contributed by atoms with Gasteiger partial charge in [0.05, 0.1) is 0 Å². The molecule has 0 aliphatic heterocycles. The summed E-state index contributed by atoms with van der Waals surface area (Å²) in [6.07, 6.45) is 4.25. The molecule has 4 rings (SSSR count). The second-order valence-corrected chi connectivity index (χ2v) is 6.22. The van der Waals surface area contributed by atoms with Crippen LogP contribution >= 0.6 is 11.6 Å². The monoisotopic (exact) mass is 349 g/mol. The Hall–Kier alpha value is -2.85. The summed E-state index contributed by atoms with van der Waals surface area (Å²) in [5.41, 5.74) is 2.97. The van der Waals surface area contributed by atoms with Gasteiger partial charge >= 0.3 is 6.01 Å². The highest BCUT2D eigenvalue weighted by Crippen LogP contribution is 2.29. The molecule has 0 amide bonds. The van der Waals surface area contributed by atoms with E-state index >= 15 is 0 Å². The fraction of sp³-hybridized carbons (Fsp3) is 0.100. The number of oxazole rings is 1. The fourth-order valence-electron chi connectivity index (χ4n) is 2.76. The van der Waals surface area contributed by atoms with Gasteiger partial charge in [0.15, 0.2) is 0 Å². The third kappa shape index (κ3) is 3.21. The van der Waals surface area contributed by atoms with Crippen molar-refractivity contribution in [3.63, 3.8) is 0 Å². The normalized spacial score (nSPS) is 11.0. The predicted molar refractivity (Wildman–Crippen MR) is 98.1 cm³/mol. The minimum absolute atomic E-state index is 0.519. The Morgan fingerprint density at radius 1 is 1.04 bits per heavy atom. The molecule has 0 aliphatic rings. The summed E-state index contributed by atoms with van der Waals surface area (Å²) in [5, 5.41) is 0.697. The minimum atomic E-state index is 0.519. The number of hydrogen-bond donors (Lipinski definition) is 0. The molecule has 0 spiro atoms. The zero-order valence-electron chi connectivity index (χ0n) is 13.7. The largest absolute Gasteiger partial charge is 0.427 e. The number of rotatable bonds is 4. The van der Waals surface area contributed by atoms with E-state index in [1.54, 1.807) is 6.20 Å². The number of halogens is 1. The number of imidazole rings is 1. The van der Waals surface area contributed by atoms with Crippen molar-refractivity contribution in [1.29, 1.82) is 0 Å². The molecule has 2 aromatic heterocycles. The zero-order valence-corrected chi connectivity index (χ0v) is 14.4. The maximum atomic E-state index is 6.11. The Kier molecular flexibility index (Phi) is 4.12. The molecule has 0 saturated carbocycles. The first kappa shape index (κ1) is 15.7. The van der Waals surface area contributed by atoms with E-state index in [4.69, 9.17) is 21.0 Å². The third-order valence-electron chi connectivity index (χ3n) is 4.04. The lowest BCUT2D eigenvalue weighted by Crippen LogP contribution is -1.95. The van der Waals surface area contributed by atoms with Crippen molar-refractivity contribution in [1.82, 2.24) is 14.5 Å². The summed E-state index contributed by atoms with van der Waals surface area (Å²) < 4.78 is 7.95. The molecule has 25 heavy (non-hydrogen) atoms. The van der Waals surface area contributed by atoms with Gasteiger partial charge in [-0.05, 0) is 24.6 Å². The lowest BCUT2D eigenvalue weighted by atomic mass is 10.1. The molecule has 2 aromatic carbocycles. The van der Waals surface area contributed by atoms with Crippen molar-refractivity contribution in [2.75, 3.05) is 0 Å². The molecule has 0 fully saturated rings. The fourth-order valence-corrected chi connectivity index (χ4v) is 2.88. The SMILES string of the molecule is Cc1nccn1-c1nc(-c2ccc(Cl)cc2)c(Cc2ccccc2)o1. The predicted octanol–water partition coefficient (Wildman–Crippen LogP) is 5.08. The van der Waals surface area contributed by atoms with Gasteiger partial charge < -0.3 is 4.42 Å². The van der Waals surface area contributed by atoms with Crippen LogP contribution in [0.25, 0.3) is 17.3 Å². The molecule has 0 bridgehead atoms. The van der Waals surface area contributed by atoms with Gasteiger partial charge in [-0.15, -0.1) is 0 Å². The van der Waals surface area contributed by atoms with Crippen molar-refractivity contribution in [3.8, 4) is 17.3 Å². The van der Waals surface area contributed by atoms with Crippen LogP contribution in [0.4, 0.5) is 0 Å². The van der Waals surface area contributed by atoms with E-state index in [0.717, 1.165) is 22.8 Å². The molecule has 0 saturated heterocycles. The number of hydrogen-bond acceptors (Lipinski definition) is 3. The lowest BCUT2D eigenvalue weighted by Gasteiger charge is -2.02. The van der Waals surface area contributed by atoms with Crippen LogP contribution < -0.4 is 0 Å². The molecule has 0 radical (unpaired) electrons. The Morgan fingerprint density at radius 3 is 2.48 bits per heavy atom. The molecule has 5 heteroatoms. The summed E-state index contributed by atoms with van der Waals surface area (Å²) in [4.78, 5) is 8.97. The van der Waals surface area contributed by atoms with Crippen LogP contribution in [0, 0.1) is 6.92 Å². The topological polar surface area (TPSA) is 43.9 Å². The van der Waals surface area contributed by atoms with Crippen molar-refractivity contribution < 1.29 is 4.42 Å². The van der Waals surface area contributed by atoms with Crippen LogP contribution in [0.2, 0.25) is 5.02 Å². The van der Waals surface area contributed by atoms with E-state index in [2.05, 4.69) is 17.1 Å². The van der Waals surface area contributed by atoms with Gasteiger partial charge in [0, 0.05) is 29.4 Å². The molecular formula is C20H16ClN3O. The Labute approximate surface area is 150 Å². The van der Waals surface area contributed by atoms with Gasteiger partial charge in [0.1, 0.15) is 17.3 Å². The maximum absolute atomic E-state index is 6.11. The number of aromatic nitrogens is 3. The highest BCUT2D eigenvalue weighted by atomic mass is 35.5. The summed E-state index contributed by atoms with van der Waals surface area (Å²) in [5.74, 6) is 1.65. The Bertz CT molecular complexity index is 987. The van der Waals surface area contributed by atoms with Gasteiger partial charge in [-0.25, -0.2) is 4.98 Å². The summed E-state index contributed by atoms with van der Waals surface area (Å²) in [7, 11) is 0. The van der Waals surface area contributed by atoms with Crippen molar-refractivity contribution in [2.24, 2.45) is 0 Å². The van der Waals surface area contributed by atoms with E-state index in [0.29, 0.717) is 17.5 Å². The van der Waals surface area contributed by atoms with Crippen LogP contribution in [0.1, 0.15) is 17.1 Å². The molecule has 0 N–H and O–H groups in total. The smallest absolute Gasteiger partial charge is 0.307 e. The van der Waals surface area contributed by atoms with Gasteiger partial charge in [-0.1, -0.05) is 54.1 Å². The average Bonchev–Trinajstić information content (AvgIpc) is 3.23. The Morgan fingerprint density at radius 2 is 1.80 bits per heavy atom. The third-order valence-corrected chi connectivity index (χ3v) is 4.30. The molecule has 0 aliphatic carbocycles. The number of benzene rings is 2. The first-order chi connectivity index (χ1) is 12.2.